The third kappa shape index (κ3) is 6.40. The molecule has 0 unspecified atom stereocenters. The number of carbonyl (C=O) groups is 1. The Bertz CT molecular complexity index is 404. The van der Waals surface area contributed by atoms with Gasteiger partial charge in [-0.3, -0.25) is 4.79 Å². The fourth-order valence-electron chi connectivity index (χ4n) is 1.69. The second-order valence-corrected chi connectivity index (χ2v) is 4.46. The lowest BCUT2D eigenvalue weighted by Crippen LogP contribution is -2.24. The maximum Gasteiger partial charge on any atom is 0.251 e. The number of nitrogen functional groups attached to an aromatic ring is 2. The molecule has 0 radical (unpaired) electrons. The molecule has 5 N–H and O–H groups in total. The van der Waals surface area contributed by atoms with Gasteiger partial charge in [0.2, 0.25) is 0 Å². The van der Waals surface area contributed by atoms with Crippen LogP contribution in [0.3, 0.4) is 0 Å². The van der Waals surface area contributed by atoms with Gasteiger partial charge in [-0.2, -0.15) is 0 Å². The average Bonchev–Trinajstić information content (AvgIpc) is 2.40. The van der Waals surface area contributed by atoms with Crippen molar-refractivity contribution in [2.75, 3.05) is 44.9 Å². The minimum absolute atomic E-state index is 0.163. The van der Waals surface area contributed by atoms with Crippen LogP contribution in [-0.2, 0) is 9.47 Å². The van der Waals surface area contributed by atoms with Crippen molar-refractivity contribution < 1.29 is 14.3 Å². The maximum atomic E-state index is 11.9. The predicted molar refractivity (Wildman–Crippen MR) is 79.5 cm³/mol. The largest absolute Gasteiger partial charge is 0.399 e. The SMILES string of the molecule is COCCOCCCCNC(=O)c1cc(N)cc(N)c1. The zero-order valence-corrected chi connectivity index (χ0v) is 11.9. The van der Waals surface area contributed by atoms with Gasteiger partial charge in [-0.25, -0.2) is 0 Å². The summed E-state index contributed by atoms with van der Waals surface area (Å²) >= 11 is 0. The van der Waals surface area contributed by atoms with Crippen LogP contribution in [0.15, 0.2) is 18.2 Å². The molecule has 0 spiro atoms. The summed E-state index contributed by atoms with van der Waals surface area (Å²) in [4.78, 5) is 11.9. The summed E-state index contributed by atoms with van der Waals surface area (Å²) in [5, 5.41) is 2.83. The van der Waals surface area contributed by atoms with Gasteiger partial charge in [0, 0.05) is 37.2 Å². The summed E-state index contributed by atoms with van der Waals surface area (Å²) < 4.78 is 10.2. The number of anilines is 2. The highest BCUT2D eigenvalue weighted by atomic mass is 16.5. The van der Waals surface area contributed by atoms with Crippen molar-refractivity contribution in [2.45, 2.75) is 12.8 Å². The summed E-state index contributed by atoms with van der Waals surface area (Å²) in [6, 6.07) is 4.84. The van der Waals surface area contributed by atoms with Gasteiger partial charge in [0.05, 0.1) is 13.2 Å². The van der Waals surface area contributed by atoms with Crippen LogP contribution in [0.4, 0.5) is 11.4 Å². The molecular formula is C14H23N3O3. The zero-order chi connectivity index (χ0) is 14.8. The summed E-state index contributed by atoms with van der Waals surface area (Å²) in [6.45, 7) is 2.48. The highest BCUT2D eigenvalue weighted by molar-refractivity contribution is 5.96. The molecule has 0 saturated heterocycles. The predicted octanol–water partition coefficient (Wildman–Crippen LogP) is 1.02. The van der Waals surface area contributed by atoms with Crippen LogP contribution < -0.4 is 16.8 Å². The Kier molecular flexibility index (Phi) is 7.46. The molecule has 6 heteroatoms. The van der Waals surface area contributed by atoms with Crippen LogP contribution in [0.1, 0.15) is 23.2 Å². The Morgan fingerprint density at radius 1 is 1.10 bits per heavy atom. The first-order valence-corrected chi connectivity index (χ1v) is 6.64. The number of ether oxygens (including phenoxy) is 2. The topological polar surface area (TPSA) is 99.6 Å². The molecule has 6 nitrogen and oxygen atoms in total. The van der Waals surface area contributed by atoms with Gasteiger partial charge in [0.25, 0.3) is 5.91 Å². The third-order valence-electron chi connectivity index (χ3n) is 2.67. The first-order chi connectivity index (χ1) is 9.63. The van der Waals surface area contributed by atoms with E-state index >= 15 is 0 Å². The van der Waals surface area contributed by atoms with E-state index in [1.807, 2.05) is 0 Å². The number of unbranched alkanes of at least 4 members (excludes halogenated alkanes) is 1. The molecule has 0 fully saturated rings. The molecule has 0 heterocycles. The van der Waals surface area contributed by atoms with Crippen LogP contribution in [0.2, 0.25) is 0 Å². The lowest BCUT2D eigenvalue weighted by Gasteiger charge is -2.07. The lowest BCUT2D eigenvalue weighted by molar-refractivity contribution is 0.0686. The minimum atomic E-state index is -0.163. The second-order valence-electron chi connectivity index (χ2n) is 4.46. The number of carbonyl (C=O) groups excluding carboxylic acids is 1. The quantitative estimate of drug-likeness (QED) is 0.463. The molecule has 20 heavy (non-hydrogen) atoms. The number of benzene rings is 1. The number of nitrogens with two attached hydrogens (primary N) is 2. The van der Waals surface area contributed by atoms with E-state index in [2.05, 4.69) is 5.32 Å². The Labute approximate surface area is 119 Å². The molecule has 1 amide bonds. The van der Waals surface area contributed by atoms with E-state index in [4.69, 9.17) is 20.9 Å². The Balaban J connectivity index is 2.17. The lowest BCUT2D eigenvalue weighted by atomic mass is 10.1. The number of nitrogens with one attached hydrogen (secondary N) is 1. The molecule has 0 aromatic heterocycles. The van der Waals surface area contributed by atoms with Gasteiger partial charge >= 0.3 is 0 Å². The fraction of sp³-hybridized carbons (Fsp3) is 0.500. The number of amides is 1. The van der Waals surface area contributed by atoms with E-state index in [9.17, 15) is 4.79 Å². The molecule has 0 saturated carbocycles. The van der Waals surface area contributed by atoms with E-state index in [1.54, 1.807) is 25.3 Å². The van der Waals surface area contributed by atoms with Crippen molar-refractivity contribution in [3.8, 4) is 0 Å². The summed E-state index contributed by atoms with van der Waals surface area (Å²) in [7, 11) is 1.64. The van der Waals surface area contributed by atoms with Gasteiger partial charge in [0.1, 0.15) is 0 Å². The van der Waals surface area contributed by atoms with Gasteiger partial charge in [-0.05, 0) is 31.0 Å². The van der Waals surface area contributed by atoms with Crippen molar-refractivity contribution in [1.29, 1.82) is 0 Å². The highest BCUT2D eigenvalue weighted by Crippen LogP contribution is 2.13. The van der Waals surface area contributed by atoms with Crippen LogP contribution in [0, 0.1) is 0 Å². The summed E-state index contributed by atoms with van der Waals surface area (Å²) in [6.07, 6.45) is 1.75. The molecule has 1 aromatic rings. The second kappa shape index (κ2) is 9.17. The van der Waals surface area contributed by atoms with Crippen molar-refractivity contribution >= 4 is 17.3 Å². The minimum Gasteiger partial charge on any atom is -0.399 e. The molecular weight excluding hydrogens is 258 g/mol. The summed E-state index contributed by atoms with van der Waals surface area (Å²) in [5.74, 6) is -0.163. The number of hydrogen-bond acceptors (Lipinski definition) is 5. The van der Waals surface area contributed by atoms with Crippen LogP contribution in [0.25, 0.3) is 0 Å². The molecule has 0 aliphatic rings. The average molecular weight is 281 g/mol. The van der Waals surface area contributed by atoms with Crippen LogP contribution in [0.5, 0.6) is 0 Å². The molecule has 0 aliphatic carbocycles. The monoisotopic (exact) mass is 281 g/mol. The van der Waals surface area contributed by atoms with E-state index in [1.165, 1.54) is 0 Å². The van der Waals surface area contributed by atoms with E-state index < -0.39 is 0 Å². The van der Waals surface area contributed by atoms with Crippen molar-refractivity contribution in [1.82, 2.24) is 5.32 Å². The van der Waals surface area contributed by atoms with Gasteiger partial charge in [-0.15, -0.1) is 0 Å². The molecule has 0 aliphatic heterocycles. The van der Waals surface area contributed by atoms with Crippen LogP contribution >= 0.6 is 0 Å². The zero-order valence-electron chi connectivity index (χ0n) is 11.9. The Hall–Kier alpha value is -1.79. The summed E-state index contributed by atoms with van der Waals surface area (Å²) in [5.41, 5.74) is 12.7. The van der Waals surface area contributed by atoms with E-state index in [0.29, 0.717) is 43.3 Å². The molecule has 1 rings (SSSR count). The molecule has 112 valence electrons. The fourth-order valence-corrected chi connectivity index (χ4v) is 1.69. The third-order valence-corrected chi connectivity index (χ3v) is 2.67. The van der Waals surface area contributed by atoms with E-state index in [-0.39, 0.29) is 5.91 Å². The smallest absolute Gasteiger partial charge is 0.251 e. The molecule has 0 atom stereocenters. The molecule has 0 bridgehead atoms. The van der Waals surface area contributed by atoms with Gasteiger partial charge in [0.15, 0.2) is 0 Å². The first-order valence-electron chi connectivity index (χ1n) is 6.64. The molecule has 1 aromatic carbocycles. The first kappa shape index (κ1) is 16.3. The Morgan fingerprint density at radius 3 is 2.45 bits per heavy atom. The van der Waals surface area contributed by atoms with Gasteiger partial charge < -0.3 is 26.3 Å². The number of hydrogen-bond donors (Lipinski definition) is 3. The Morgan fingerprint density at radius 2 is 1.80 bits per heavy atom. The standard InChI is InChI=1S/C14H23N3O3/c1-19-6-7-20-5-3-2-4-17-14(18)11-8-12(15)10-13(16)9-11/h8-10H,2-7,15-16H2,1H3,(H,17,18). The normalized spacial score (nSPS) is 10.4. The number of rotatable bonds is 9. The van der Waals surface area contributed by atoms with Crippen molar-refractivity contribution in [3.63, 3.8) is 0 Å². The van der Waals surface area contributed by atoms with Crippen LogP contribution in [-0.4, -0.2) is 39.4 Å². The number of methoxy groups -OCH3 is 1. The van der Waals surface area contributed by atoms with E-state index in [0.717, 1.165) is 12.8 Å². The highest BCUT2D eigenvalue weighted by Gasteiger charge is 2.06. The van der Waals surface area contributed by atoms with Gasteiger partial charge in [-0.1, -0.05) is 0 Å². The van der Waals surface area contributed by atoms with Crippen molar-refractivity contribution in [3.05, 3.63) is 23.8 Å². The maximum absolute atomic E-state index is 11.9. The van der Waals surface area contributed by atoms with Crippen molar-refractivity contribution in [2.24, 2.45) is 0 Å².